The van der Waals surface area contributed by atoms with Gasteiger partial charge in [-0.25, -0.2) is 4.98 Å². The van der Waals surface area contributed by atoms with Crippen molar-refractivity contribution in [3.63, 3.8) is 0 Å². The van der Waals surface area contributed by atoms with Crippen molar-refractivity contribution < 1.29 is 19.1 Å². The van der Waals surface area contributed by atoms with Gasteiger partial charge in [-0.2, -0.15) is 0 Å². The topological polar surface area (TPSA) is 102 Å². The van der Waals surface area contributed by atoms with E-state index in [0.717, 1.165) is 72.0 Å². The van der Waals surface area contributed by atoms with E-state index < -0.39 is 0 Å². The third-order valence-electron chi connectivity index (χ3n) is 9.32. The molecule has 8 nitrogen and oxygen atoms in total. The SMILES string of the molecule is COc1cc(-c2cccc(-c3cccc(-c4ccc(CCC[C@@H]5CCC(=O)N5)c(OC)n4)c3Cl)c2Cl)ncc1CNC[C@@H]1CCC(=O)C1. The molecule has 1 aliphatic carbocycles. The monoisotopic (exact) mass is 686 g/mol. The molecule has 1 aliphatic heterocycles. The Morgan fingerprint density at radius 2 is 1.60 bits per heavy atom. The lowest BCUT2D eigenvalue weighted by molar-refractivity contribution is -0.119. The first kappa shape index (κ1) is 33.9. The van der Waals surface area contributed by atoms with Gasteiger partial charge in [-0.1, -0.05) is 65.7 Å². The summed E-state index contributed by atoms with van der Waals surface area (Å²) in [5.74, 6) is 2.16. The summed E-state index contributed by atoms with van der Waals surface area (Å²) < 4.78 is 11.4. The van der Waals surface area contributed by atoms with E-state index in [9.17, 15) is 9.59 Å². The van der Waals surface area contributed by atoms with Gasteiger partial charge >= 0.3 is 0 Å². The third-order valence-corrected chi connectivity index (χ3v) is 10.1. The molecule has 2 N–H and O–H groups in total. The number of pyridine rings is 2. The quantitative estimate of drug-likeness (QED) is 0.148. The summed E-state index contributed by atoms with van der Waals surface area (Å²) in [5.41, 5.74) is 6.44. The number of benzene rings is 2. The van der Waals surface area contributed by atoms with Crippen LogP contribution < -0.4 is 20.1 Å². The zero-order valence-electron chi connectivity index (χ0n) is 27.3. The molecule has 3 heterocycles. The summed E-state index contributed by atoms with van der Waals surface area (Å²) in [6.45, 7) is 1.39. The van der Waals surface area contributed by atoms with Gasteiger partial charge in [0.25, 0.3) is 0 Å². The number of halogens is 2. The van der Waals surface area contributed by atoms with Crippen LogP contribution in [-0.2, 0) is 22.6 Å². The molecule has 48 heavy (non-hydrogen) atoms. The second-order valence-electron chi connectivity index (χ2n) is 12.6. The van der Waals surface area contributed by atoms with Crippen LogP contribution in [0.15, 0.2) is 60.8 Å². The molecule has 10 heteroatoms. The van der Waals surface area contributed by atoms with Gasteiger partial charge < -0.3 is 20.1 Å². The standard InChI is InChI=1S/C38H40Cl2N4O4/c1-47-34-19-33(42-22-25(34)21-41-20-23-12-15-27(45)18-23)31-11-5-9-29(37(31)40)28-8-4-10-30(36(28)39)32-16-13-24(38(44-32)48-2)6-3-7-26-14-17-35(46)43-26/h4-5,8-11,13,16,19,22-23,26,41H,3,6-7,12,14-15,17-18,20-21H2,1-2H3,(H,43,46)/t23-,26-/m1/s1. The number of aromatic nitrogens is 2. The molecular weight excluding hydrogens is 647 g/mol. The fraction of sp³-hybridized carbons (Fsp3) is 0.368. The molecule has 2 aliphatic rings. The molecule has 0 radical (unpaired) electrons. The summed E-state index contributed by atoms with van der Waals surface area (Å²) in [5, 5.41) is 7.56. The Morgan fingerprint density at radius 3 is 2.25 bits per heavy atom. The van der Waals surface area contributed by atoms with Gasteiger partial charge in [0.2, 0.25) is 11.8 Å². The highest BCUT2D eigenvalue weighted by Crippen LogP contribution is 2.42. The van der Waals surface area contributed by atoms with Crippen molar-refractivity contribution in [2.24, 2.45) is 5.92 Å². The zero-order chi connectivity index (χ0) is 33.6. The maximum atomic E-state index is 11.6. The lowest BCUT2D eigenvalue weighted by Gasteiger charge is -2.16. The molecule has 1 amide bonds. The second-order valence-corrected chi connectivity index (χ2v) is 13.3. The maximum Gasteiger partial charge on any atom is 0.220 e. The minimum absolute atomic E-state index is 0.140. The Kier molecular flexibility index (Phi) is 10.9. The highest BCUT2D eigenvalue weighted by molar-refractivity contribution is 6.39. The van der Waals surface area contributed by atoms with E-state index in [2.05, 4.69) is 10.6 Å². The molecule has 1 saturated carbocycles. The first-order chi connectivity index (χ1) is 23.3. The number of nitrogens with one attached hydrogen (secondary N) is 2. The van der Waals surface area contributed by atoms with Crippen LogP contribution in [0.5, 0.6) is 11.6 Å². The Hall–Kier alpha value is -3.98. The molecule has 2 fully saturated rings. The fourth-order valence-electron chi connectivity index (χ4n) is 6.71. The van der Waals surface area contributed by atoms with Crippen LogP contribution in [0.3, 0.4) is 0 Å². The van der Waals surface area contributed by atoms with Crippen LogP contribution in [0.25, 0.3) is 33.6 Å². The minimum atomic E-state index is 0.140. The molecule has 2 atom stereocenters. The van der Waals surface area contributed by atoms with Crippen molar-refractivity contribution in [2.45, 2.75) is 64.0 Å². The van der Waals surface area contributed by atoms with Crippen molar-refractivity contribution in [2.75, 3.05) is 20.8 Å². The normalized spacial score (nSPS) is 17.5. The van der Waals surface area contributed by atoms with Gasteiger partial charge in [0.05, 0.1) is 35.7 Å². The van der Waals surface area contributed by atoms with Crippen LogP contribution in [0.4, 0.5) is 0 Å². The Labute approximate surface area is 291 Å². The van der Waals surface area contributed by atoms with Crippen LogP contribution in [0.2, 0.25) is 10.0 Å². The molecule has 250 valence electrons. The average molecular weight is 688 g/mol. The number of Topliss-reactive ketones (excluding diaryl/α,β-unsaturated/α-hetero) is 1. The molecule has 0 unspecified atom stereocenters. The summed E-state index contributed by atoms with van der Waals surface area (Å²) in [4.78, 5) is 32.7. The average Bonchev–Trinajstić information content (AvgIpc) is 3.72. The number of hydrogen-bond donors (Lipinski definition) is 2. The number of amides is 1. The first-order valence-corrected chi connectivity index (χ1v) is 17.3. The Balaban J connectivity index is 1.20. The molecule has 0 bridgehead atoms. The van der Waals surface area contributed by atoms with Crippen molar-refractivity contribution in [3.8, 4) is 45.3 Å². The minimum Gasteiger partial charge on any atom is -0.496 e. The zero-order valence-corrected chi connectivity index (χ0v) is 28.8. The molecule has 4 aromatic rings. The Morgan fingerprint density at radius 1 is 0.875 bits per heavy atom. The number of ether oxygens (including phenoxy) is 2. The Bertz CT molecular complexity index is 1680. The first-order valence-electron chi connectivity index (χ1n) is 16.5. The predicted molar refractivity (Wildman–Crippen MR) is 190 cm³/mol. The van der Waals surface area contributed by atoms with Gasteiger partial charge in [-0.3, -0.25) is 14.6 Å². The van der Waals surface area contributed by atoms with E-state index >= 15 is 0 Å². The molecular formula is C38H40Cl2N4O4. The van der Waals surface area contributed by atoms with Gasteiger partial charge in [-0.05, 0) is 50.6 Å². The van der Waals surface area contributed by atoms with Crippen molar-refractivity contribution in [1.82, 2.24) is 20.6 Å². The molecule has 1 saturated heterocycles. The highest BCUT2D eigenvalue weighted by Gasteiger charge is 2.23. The van der Waals surface area contributed by atoms with Crippen LogP contribution in [-0.4, -0.2) is 48.5 Å². The smallest absolute Gasteiger partial charge is 0.220 e. The third kappa shape index (κ3) is 7.67. The van der Waals surface area contributed by atoms with Crippen LogP contribution in [0, 0.1) is 5.92 Å². The highest BCUT2D eigenvalue weighted by atomic mass is 35.5. The number of methoxy groups -OCH3 is 2. The number of rotatable bonds is 13. The molecule has 2 aromatic carbocycles. The van der Waals surface area contributed by atoms with Gasteiger partial charge in [-0.15, -0.1) is 0 Å². The molecule has 6 rings (SSSR count). The van der Waals surface area contributed by atoms with Gasteiger partial charge in [0, 0.05) is 77.5 Å². The number of carbonyl (C=O) groups is 2. The number of hydrogen-bond acceptors (Lipinski definition) is 7. The predicted octanol–water partition coefficient (Wildman–Crippen LogP) is 7.86. The van der Waals surface area contributed by atoms with E-state index in [1.807, 2.05) is 60.8 Å². The number of ketones is 1. The summed E-state index contributed by atoms with van der Waals surface area (Å²) >= 11 is 14.2. The fourth-order valence-corrected chi connectivity index (χ4v) is 7.36. The lowest BCUT2D eigenvalue weighted by atomic mass is 9.97. The van der Waals surface area contributed by atoms with Gasteiger partial charge in [0.15, 0.2) is 0 Å². The molecule has 0 spiro atoms. The van der Waals surface area contributed by atoms with Gasteiger partial charge in [0.1, 0.15) is 11.5 Å². The van der Waals surface area contributed by atoms with Crippen molar-refractivity contribution in [1.29, 1.82) is 0 Å². The van der Waals surface area contributed by atoms with Crippen molar-refractivity contribution in [3.05, 3.63) is 82.0 Å². The van der Waals surface area contributed by atoms with E-state index in [4.69, 9.17) is 42.6 Å². The van der Waals surface area contributed by atoms with E-state index in [0.29, 0.717) is 70.6 Å². The summed E-state index contributed by atoms with van der Waals surface area (Å²) in [6.07, 6.45) is 8.27. The van der Waals surface area contributed by atoms with E-state index in [1.165, 1.54) is 0 Å². The maximum absolute atomic E-state index is 11.6. The lowest BCUT2D eigenvalue weighted by Crippen LogP contribution is -2.25. The number of carbonyl (C=O) groups excluding carboxylic acids is 2. The largest absolute Gasteiger partial charge is 0.496 e. The van der Waals surface area contributed by atoms with E-state index in [1.54, 1.807) is 14.2 Å². The van der Waals surface area contributed by atoms with Crippen LogP contribution >= 0.6 is 23.2 Å². The van der Waals surface area contributed by atoms with Crippen molar-refractivity contribution >= 4 is 34.9 Å². The number of nitrogens with zero attached hydrogens (tertiary/aromatic N) is 2. The van der Waals surface area contributed by atoms with E-state index in [-0.39, 0.29) is 11.9 Å². The summed E-state index contributed by atoms with van der Waals surface area (Å²) in [6, 6.07) is 17.8. The van der Waals surface area contributed by atoms with Crippen LogP contribution in [0.1, 0.15) is 56.1 Å². The second kappa shape index (κ2) is 15.5. The number of aryl methyl sites for hydroxylation is 1. The molecule has 2 aromatic heterocycles. The summed E-state index contributed by atoms with van der Waals surface area (Å²) in [7, 11) is 3.27.